The van der Waals surface area contributed by atoms with Crippen molar-refractivity contribution in [3.05, 3.63) is 48.2 Å². The van der Waals surface area contributed by atoms with E-state index in [0.717, 1.165) is 16.4 Å². The molecule has 2 aromatic heterocycles. The van der Waals surface area contributed by atoms with Crippen molar-refractivity contribution >= 4 is 22.4 Å². The van der Waals surface area contributed by atoms with Gasteiger partial charge in [0.1, 0.15) is 11.9 Å². The molecular formula is C19H18N2O3. The quantitative estimate of drug-likeness (QED) is 0.667. The Kier molecular flexibility index (Phi) is 4.39. The number of nitriles is 1. The van der Waals surface area contributed by atoms with Crippen LogP contribution in [0.1, 0.15) is 30.6 Å². The second-order valence-electron chi connectivity index (χ2n) is 5.52. The maximum absolute atomic E-state index is 12.4. The van der Waals surface area contributed by atoms with Gasteiger partial charge in [0.05, 0.1) is 41.9 Å². The van der Waals surface area contributed by atoms with Crippen LogP contribution in [0.25, 0.3) is 16.4 Å². The number of benzene rings is 1. The van der Waals surface area contributed by atoms with Gasteiger partial charge in [-0.25, -0.2) is 4.79 Å². The third kappa shape index (κ3) is 2.79. The lowest BCUT2D eigenvalue weighted by molar-refractivity contribution is 0.0531. The van der Waals surface area contributed by atoms with E-state index in [-0.39, 0.29) is 12.1 Å². The zero-order chi connectivity index (χ0) is 17.1. The van der Waals surface area contributed by atoms with Crippen molar-refractivity contribution in [3.8, 4) is 11.8 Å². The Labute approximate surface area is 140 Å². The molecule has 0 fully saturated rings. The third-order valence-corrected chi connectivity index (χ3v) is 3.81. The van der Waals surface area contributed by atoms with Gasteiger partial charge in [0.15, 0.2) is 0 Å². The van der Waals surface area contributed by atoms with Crippen molar-refractivity contribution in [1.82, 2.24) is 4.40 Å². The first-order valence-electron chi connectivity index (χ1n) is 7.89. The van der Waals surface area contributed by atoms with Gasteiger partial charge in [0.2, 0.25) is 0 Å². The molecule has 1 aromatic carbocycles. The molecule has 5 nitrogen and oxygen atoms in total. The number of esters is 1. The van der Waals surface area contributed by atoms with Gasteiger partial charge in [0, 0.05) is 5.39 Å². The highest BCUT2D eigenvalue weighted by Crippen LogP contribution is 2.29. The van der Waals surface area contributed by atoms with E-state index in [1.807, 2.05) is 53.9 Å². The Morgan fingerprint density at radius 1 is 1.25 bits per heavy atom. The van der Waals surface area contributed by atoms with Crippen molar-refractivity contribution in [1.29, 1.82) is 5.26 Å². The molecule has 3 aromatic rings. The Bertz CT molecular complexity index is 937. The van der Waals surface area contributed by atoms with Crippen LogP contribution in [-0.2, 0) is 4.74 Å². The fraction of sp³-hybridized carbons (Fsp3) is 0.263. The summed E-state index contributed by atoms with van der Waals surface area (Å²) in [5.41, 5.74) is 2.24. The molecular weight excluding hydrogens is 304 g/mol. The number of carbonyl (C=O) groups excluding carboxylic acids is 1. The van der Waals surface area contributed by atoms with E-state index >= 15 is 0 Å². The van der Waals surface area contributed by atoms with Crippen molar-refractivity contribution in [3.63, 3.8) is 0 Å². The molecule has 0 aliphatic rings. The number of ether oxygens (including phenoxy) is 2. The Morgan fingerprint density at radius 3 is 2.79 bits per heavy atom. The molecule has 5 heteroatoms. The zero-order valence-corrected chi connectivity index (χ0v) is 13.7. The number of pyridine rings is 1. The molecule has 0 N–H and O–H groups in total. The number of rotatable bonds is 5. The van der Waals surface area contributed by atoms with Gasteiger partial charge in [-0.05, 0) is 32.0 Å². The van der Waals surface area contributed by atoms with Crippen molar-refractivity contribution < 1.29 is 14.3 Å². The summed E-state index contributed by atoms with van der Waals surface area (Å²) in [5, 5.41) is 9.60. The first kappa shape index (κ1) is 15.9. The van der Waals surface area contributed by atoms with E-state index in [1.165, 1.54) is 0 Å². The van der Waals surface area contributed by atoms with Crippen molar-refractivity contribution in [2.45, 2.75) is 26.4 Å². The predicted molar refractivity (Wildman–Crippen MR) is 91.2 cm³/mol. The van der Waals surface area contributed by atoms with E-state index in [9.17, 15) is 4.79 Å². The molecule has 2 heterocycles. The monoisotopic (exact) mass is 322 g/mol. The average molecular weight is 322 g/mol. The predicted octanol–water partition coefficient (Wildman–Crippen LogP) is 3.95. The van der Waals surface area contributed by atoms with Gasteiger partial charge in [-0.3, -0.25) is 0 Å². The molecule has 0 bridgehead atoms. The van der Waals surface area contributed by atoms with E-state index in [2.05, 4.69) is 6.07 Å². The standard InChI is InChI=1S/C19H18N2O3/c1-3-23-19(22)18-15-6-4-5-7-16(15)21-12-14(8-9-17(18)21)24-13(2)10-11-20/h4-9,12-13H,3,10H2,1-2H3. The summed E-state index contributed by atoms with van der Waals surface area (Å²) in [5.74, 6) is 0.323. The molecule has 1 unspecified atom stereocenters. The molecule has 0 radical (unpaired) electrons. The molecule has 0 saturated carbocycles. The SMILES string of the molecule is CCOC(=O)c1c2ccccc2n2cc(OC(C)CC#N)ccc12. The molecule has 1 atom stereocenters. The summed E-state index contributed by atoms with van der Waals surface area (Å²) >= 11 is 0. The number of fused-ring (bicyclic) bond motifs is 3. The molecule has 0 aliphatic heterocycles. The summed E-state index contributed by atoms with van der Waals surface area (Å²) in [6, 6.07) is 13.4. The van der Waals surface area contributed by atoms with E-state index in [4.69, 9.17) is 14.7 Å². The summed E-state index contributed by atoms with van der Waals surface area (Å²) in [6.45, 7) is 3.98. The number of carbonyl (C=O) groups is 1. The summed E-state index contributed by atoms with van der Waals surface area (Å²) < 4.78 is 12.9. The first-order chi connectivity index (χ1) is 11.7. The molecule has 0 amide bonds. The average Bonchev–Trinajstić information content (AvgIpc) is 2.89. The molecule has 0 aliphatic carbocycles. The first-order valence-corrected chi connectivity index (χ1v) is 7.89. The van der Waals surface area contributed by atoms with E-state index in [1.54, 1.807) is 6.92 Å². The topological polar surface area (TPSA) is 63.7 Å². The molecule has 24 heavy (non-hydrogen) atoms. The Morgan fingerprint density at radius 2 is 2.04 bits per heavy atom. The normalized spacial score (nSPS) is 12.0. The van der Waals surface area contributed by atoms with Crippen LogP contribution >= 0.6 is 0 Å². The van der Waals surface area contributed by atoms with Crippen LogP contribution in [0, 0.1) is 11.3 Å². The van der Waals surface area contributed by atoms with Crippen molar-refractivity contribution in [2.24, 2.45) is 0 Å². The van der Waals surface area contributed by atoms with E-state index < -0.39 is 0 Å². The summed E-state index contributed by atoms with van der Waals surface area (Å²) in [4.78, 5) is 12.4. The maximum Gasteiger partial charge on any atom is 0.340 e. The van der Waals surface area contributed by atoms with Gasteiger partial charge in [-0.1, -0.05) is 18.2 Å². The molecule has 122 valence electrons. The second kappa shape index (κ2) is 6.63. The van der Waals surface area contributed by atoms with Crippen LogP contribution in [0.4, 0.5) is 0 Å². The van der Waals surface area contributed by atoms with Gasteiger partial charge >= 0.3 is 5.97 Å². The Hall–Kier alpha value is -3.00. The lowest BCUT2D eigenvalue weighted by Gasteiger charge is -2.12. The highest BCUT2D eigenvalue weighted by atomic mass is 16.5. The highest BCUT2D eigenvalue weighted by molar-refractivity contribution is 6.11. The van der Waals surface area contributed by atoms with Gasteiger partial charge in [-0.15, -0.1) is 0 Å². The highest BCUT2D eigenvalue weighted by Gasteiger charge is 2.19. The van der Waals surface area contributed by atoms with Crippen LogP contribution in [0.2, 0.25) is 0 Å². The number of aromatic nitrogens is 1. The van der Waals surface area contributed by atoms with Crippen LogP contribution < -0.4 is 4.74 Å². The molecule has 3 rings (SSSR count). The fourth-order valence-corrected chi connectivity index (χ4v) is 2.81. The van der Waals surface area contributed by atoms with Crippen LogP contribution in [0.5, 0.6) is 5.75 Å². The Balaban J connectivity index is 2.15. The van der Waals surface area contributed by atoms with Crippen LogP contribution in [0.3, 0.4) is 0 Å². The second-order valence-corrected chi connectivity index (χ2v) is 5.52. The van der Waals surface area contributed by atoms with Crippen molar-refractivity contribution in [2.75, 3.05) is 6.61 Å². The maximum atomic E-state index is 12.4. The number of hydrogen-bond donors (Lipinski definition) is 0. The smallest absolute Gasteiger partial charge is 0.340 e. The minimum Gasteiger partial charge on any atom is -0.488 e. The zero-order valence-electron chi connectivity index (χ0n) is 13.7. The van der Waals surface area contributed by atoms with Crippen LogP contribution in [-0.4, -0.2) is 23.1 Å². The fourth-order valence-electron chi connectivity index (χ4n) is 2.81. The summed E-state index contributed by atoms with van der Waals surface area (Å²) in [7, 11) is 0. The lowest BCUT2D eigenvalue weighted by atomic mass is 10.1. The van der Waals surface area contributed by atoms with Gasteiger partial charge in [-0.2, -0.15) is 5.26 Å². The molecule has 0 saturated heterocycles. The number of para-hydroxylation sites is 1. The number of nitrogens with zero attached hydrogens (tertiary/aromatic N) is 2. The largest absolute Gasteiger partial charge is 0.488 e. The van der Waals surface area contributed by atoms with Gasteiger partial charge < -0.3 is 13.9 Å². The van der Waals surface area contributed by atoms with Crippen LogP contribution in [0.15, 0.2) is 42.6 Å². The van der Waals surface area contributed by atoms with E-state index in [0.29, 0.717) is 24.3 Å². The lowest BCUT2D eigenvalue weighted by Crippen LogP contribution is -2.10. The summed E-state index contributed by atoms with van der Waals surface area (Å²) in [6.07, 6.45) is 1.96. The molecule has 0 spiro atoms. The number of hydrogen-bond acceptors (Lipinski definition) is 4. The van der Waals surface area contributed by atoms with Gasteiger partial charge in [0.25, 0.3) is 0 Å². The minimum atomic E-state index is -0.331. The minimum absolute atomic E-state index is 0.196. The third-order valence-electron chi connectivity index (χ3n) is 3.81.